The lowest BCUT2D eigenvalue weighted by molar-refractivity contribution is -0.121. The Morgan fingerprint density at radius 1 is 1.38 bits per heavy atom. The van der Waals surface area contributed by atoms with E-state index < -0.39 is 0 Å². The first-order valence-corrected chi connectivity index (χ1v) is 5.81. The summed E-state index contributed by atoms with van der Waals surface area (Å²) in [4.78, 5) is 11.5. The minimum absolute atomic E-state index is 0.0970. The monoisotopic (exact) mass is 238 g/mol. The van der Waals surface area contributed by atoms with Gasteiger partial charge in [-0.15, -0.1) is 0 Å². The topological polar surface area (TPSA) is 41.1 Å². The molecule has 86 valence electrons. The maximum absolute atomic E-state index is 11.5. The molecule has 1 aromatic carbocycles. The minimum Gasteiger partial charge on any atom is -0.355 e. The molecule has 1 amide bonds. The summed E-state index contributed by atoms with van der Waals surface area (Å²) < 4.78 is 0. The second-order valence-electron chi connectivity index (χ2n) is 4.06. The third kappa shape index (κ3) is 2.54. The Kier molecular flexibility index (Phi) is 3.46. The van der Waals surface area contributed by atoms with E-state index in [1.54, 1.807) is 0 Å². The van der Waals surface area contributed by atoms with Crippen molar-refractivity contribution in [2.24, 2.45) is 0 Å². The summed E-state index contributed by atoms with van der Waals surface area (Å²) in [7, 11) is 0. The van der Waals surface area contributed by atoms with Gasteiger partial charge >= 0.3 is 0 Å². The number of rotatable bonds is 1. The van der Waals surface area contributed by atoms with Gasteiger partial charge in [-0.3, -0.25) is 4.79 Å². The van der Waals surface area contributed by atoms with E-state index in [2.05, 4.69) is 10.6 Å². The van der Waals surface area contributed by atoms with Crippen molar-refractivity contribution in [3.05, 3.63) is 34.3 Å². The highest BCUT2D eigenvalue weighted by atomic mass is 35.5. The molecule has 0 aliphatic carbocycles. The van der Waals surface area contributed by atoms with E-state index in [0.717, 1.165) is 22.7 Å². The molecule has 0 saturated carbocycles. The van der Waals surface area contributed by atoms with E-state index in [9.17, 15) is 4.79 Å². The van der Waals surface area contributed by atoms with Crippen LogP contribution >= 0.6 is 11.6 Å². The molecule has 1 saturated heterocycles. The number of aryl methyl sites for hydroxylation is 1. The fraction of sp³-hybridized carbons (Fsp3) is 0.417. The molecule has 0 aromatic heterocycles. The molecular formula is C12H15ClN2O. The smallest absolute Gasteiger partial charge is 0.221 e. The Hall–Kier alpha value is -1.06. The molecule has 16 heavy (non-hydrogen) atoms. The van der Waals surface area contributed by atoms with Gasteiger partial charge in [0.2, 0.25) is 5.91 Å². The molecule has 0 bridgehead atoms. The summed E-state index contributed by atoms with van der Waals surface area (Å²) in [5.41, 5.74) is 2.28. The zero-order chi connectivity index (χ0) is 11.5. The molecule has 1 fully saturated rings. The van der Waals surface area contributed by atoms with Crippen LogP contribution in [0.4, 0.5) is 0 Å². The highest BCUT2D eigenvalue weighted by Gasteiger charge is 2.19. The van der Waals surface area contributed by atoms with Crippen molar-refractivity contribution in [1.29, 1.82) is 0 Å². The Labute approximate surface area is 100 Å². The van der Waals surface area contributed by atoms with E-state index in [1.165, 1.54) is 0 Å². The van der Waals surface area contributed by atoms with E-state index in [0.29, 0.717) is 13.0 Å². The van der Waals surface area contributed by atoms with Gasteiger partial charge in [-0.25, -0.2) is 0 Å². The Morgan fingerprint density at radius 3 is 2.94 bits per heavy atom. The summed E-state index contributed by atoms with van der Waals surface area (Å²) in [5.74, 6) is 0.101. The van der Waals surface area contributed by atoms with E-state index in [-0.39, 0.29) is 11.9 Å². The van der Waals surface area contributed by atoms with Crippen LogP contribution in [0.25, 0.3) is 0 Å². The molecule has 1 aromatic rings. The molecular weight excluding hydrogens is 224 g/mol. The molecule has 0 spiro atoms. The summed E-state index contributed by atoms with van der Waals surface area (Å²) in [6, 6.07) is 5.89. The van der Waals surface area contributed by atoms with Crippen molar-refractivity contribution in [2.45, 2.75) is 19.4 Å². The van der Waals surface area contributed by atoms with Crippen LogP contribution in [0.5, 0.6) is 0 Å². The molecule has 1 unspecified atom stereocenters. The van der Waals surface area contributed by atoms with Gasteiger partial charge in [-0.2, -0.15) is 0 Å². The van der Waals surface area contributed by atoms with Crippen LogP contribution in [0, 0.1) is 6.92 Å². The van der Waals surface area contributed by atoms with Crippen molar-refractivity contribution >= 4 is 17.5 Å². The van der Waals surface area contributed by atoms with Gasteiger partial charge in [0, 0.05) is 30.6 Å². The van der Waals surface area contributed by atoms with Crippen molar-refractivity contribution in [1.82, 2.24) is 10.6 Å². The highest BCUT2D eigenvalue weighted by Crippen LogP contribution is 2.24. The molecule has 4 heteroatoms. The van der Waals surface area contributed by atoms with Crippen LogP contribution in [0.3, 0.4) is 0 Å². The lowest BCUT2D eigenvalue weighted by Crippen LogP contribution is -2.24. The molecule has 2 rings (SSSR count). The van der Waals surface area contributed by atoms with Gasteiger partial charge in [0.1, 0.15) is 0 Å². The van der Waals surface area contributed by atoms with Crippen molar-refractivity contribution in [3.63, 3.8) is 0 Å². The third-order valence-corrected chi connectivity index (χ3v) is 3.07. The standard InChI is InChI=1S/C12H15ClN2O/c1-8-6-9(13)2-3-10(8)11-7-12(16)15-5-4-14-11/h2-3,6,11,14H,4-5,7H2,1H3,(H,15,16). The zero-order valence-electron chi connectivity index (χ0n) is 9.22. The first kappa shape index (κ1) is 11.4. The average Bonchev–Trinajstić information content (AvgIpc) is 2.43. The number of carbonyl (C=O) groups is 1. The van der Waals surface area contributed by atoms with Crippen LogP contribution in [0.2, 0.25) is 5.02 Å². The van der Waals surface area contributed by atoms with Gasteiger partial charge < -0.3 is 10.6 Å². The average molecular weight is 239 g/mol. The molecule has 1 atom stereocenters. The van der Waals surface area contributed by atoms with E-state index >= 15 is 0 Å². The van der Waals surface area contributed by atoms with Crippen LogP contribution in [0.15, 0.2) is 18.2 Å². The van der Waals surface area contributed by atoms with Gasteiger partial charge in [-0.1, -0.05) is 17.7 Å². The Morgan fingerprint density at radius 2 is 2.19 bits per heavy atom. The third-order valence-electron chi connectivity index (χ3n) is 2.83. The number of halogens is 1. The van der Waals surface area contributed by atoms with Crippen LogP contribution in [0.1, 0.15) is 23.6 Å². The normalized spacial score (nSPS) is 21.4. The molecule has 1 heterocycles. The second kappa shape index (κ2) is 4.85. The summed E-state index contributed by atoms with van der Waals surface area (Å²) in [6.45, 7) is 3.52. The van der Waals surface area contributed by atoms with Crippen LogP contribution < -0.4 is 10.6 Å². The van der Waals surface area contributed by atoms with Crippen molar-refractivity contribution in [2.75, 3.05) is 13.1 Å². The van der Waals surface area contributed by atoms with Gasteiger partial charge in [0.05, 0.1) is 0 Å². The predicted molar refractivity (Wildman–Crippen MR) is 64.6 cm³/mol. The van der Waals surface area contributed by atoms with Crippen LogP contribution in [-0.2, 0) is 4.79 Å². The summed E-state index contributed by atoms with van der Waals surface area (Å²) in [5, 5.41) is 6.95. The fourth-order valence-electron chi connectivity index (χ4n) is 2.03. The number of benzene rings is 1. The Bertz CT molecular complexity index is 406. The summed E-state index contributed by atoms with van der Waals surface area (Å²) in [6.07, 6.45) is 0.489. The van der Waals surface area contributed by atoms with E-state index in [1.807, 2.05) is 25.1 Å². The fourth-order valence-corrected chi connectivity index (χ4v) is 2.25. The minimum atomic E-state index is 0.0970. The van der Waals surface area contributed by atoms with Crippen molar-refractivity contribution in [3.8, 4) is 0 Å². The van der Waals surface area contributed by atoms with Crippen LogP contribution in [-0.4, -0.2) is 19.0 Å². The summed E-state index contributed by atoms with van der Waals surface area (Å²) >= 11 is 5.92. The predicted octanol–water partition coefficient (Wildman–Crippen LogP) is 1.80. The molecule has 1 aliphatic rings. The largest absolute Gasteiger partial charge is 0.355 e. The van der Waals surface area contributed by atoms with Gasteiger partial charge in [-0.05, 0) is 30.2 Å². The lowest BCUT2D eigenvalue weighted by atomic mass is 9.99. The number of hydrogen-bond donors (Lipinski definition) is 2. The van der Waals surface area contributed by atoms with Gasteiger partial charge in [0.15, 0.2) is 0 Å². The van der Waals surface area contributed by atoms with Gasteiger partial charge in [0.25, 0.3) is 0 Å². The maximum atomic E-state index is 11.5. The maximum Gasteiger partial charge on any atom is 0.221 e. The molecule has 1 aliphatic heterocycles. The quantitative estimate of drug-likeness (QED) is 0.784. The first-order chi connectivity index (χ1) is 7.66. The zero-order valence-corrected chi connectivity index (χ0v) is 9.97. The Balaban J connectivity index is 2.24. The second-order valence-corrected chi connectivity index (χ2v) is 4.50. The number of carbonyl (C=O) groups excluding carboxylic acids is 1. The number of hydrogen-bond acceptors (Lipinski definition) is 2. The highest BCUT2D eigenvalue weighted by molar-refractivity contribution is 6.30. The SMILES string of the molecule is Cc1cc(Cl)ccc1C1CC(=O)NCCN1. The molecule has 0 radical (unpaired) electrons. The lowest BCUT2D eigenvalue weighted by Gasteiger charge is -2.17. The molecule has 3 nitrogen and oxygen atoms in total. The van der Waals surface area contributed by atoms with E-state index in [4.69, 9.17) is 11.6 Å². The number of nitrogens with one attached hydrogen (secondary N) is 2. The molecule has 2 N–H and O–H groups in total. The number of amides is 1. The van der Waals surface area contributed by atoms with Crippen molar-refractivity contribution < 1.29 is 4.79 Å². The first-order valence-electron chi connectivity index (χ1n) is 5.43.